The van der Waals surface area contributed by atoms with Crippen LogP contribution in [0.15, 0.2) is 12.1 Å². The van der Waals surface area contributed by atoms with Crippen molar-refractivity contribution in [1.82, 2.24) is 10.2 Å². The van der Waals surface area contributed by atoms with E-state index in [0.717, 1.165) is 24.5 Å². The zero-order valence-corrected chi connectivity index (χ0v) is 8.94. The lowest BCUT2D eigenvalue weighted by Gasteiger charge is -2.05. The first-order valence-corrected chi connectivity index (χ1v) is 5.06. The van der Waals surface area contributed by atoms with Crippen molar-refractivity contribution in [2.24, 2.45) is 0 Å². The van der Waals surface area contributed by atoms with Gasteiger partial charge >= 0.3 is 0 Å². The van der Waals surface area contributed by atoms with E-state index < -0.39 is 0 Å². The Morgan fingerprint density at radius 1 is 1.33 bits per heavy atom. The number of nitrogens with one attached hydrogen (secondary N) is 1. The van der Waals surface area contributed by atoms with E-state index in [0.29, 0.717) is 13.2 Å². The summed E-state index contributed by atoms with van der Waals surface area (Å²) in [5, 5.41) is 19.5. The predicted octanol–water partition coefficient (Wildman–Crippen LogP) is 0.596. The molecule has 84 valence electrons. The van der Waals surface area contributed by atoms with Gasteiger partial charge in [0.25, 0.3) is 0 Å². The van der Waals surface area contributed by atoms with E-state index in [1.165, 1.54) is 0 Å². The molecule has 5 heteroatoms. The van der Waals surface area contributed by atoms with Gasteiger partial charge in [-0.3, -0.25) is 0 Å². The summed E-state index contributed by atoms with van der Waals surface area (Å²) in [6, 6.07) is 3.81. The van der Waals surface area contributed by atoms with E-state index in [4.69, 9.17) is 9.84 Å². The van der Waals surface area contributed by atoms with Crippen molar-refractivity contribution >= 4 is 5.82 Å². The number of nitrogens with zero attached hydrogens (tertiary/aromatic N) is 2. The van der Waals surface area contributed by atoms with Crippen LogP contribution in [0.3, 0.4) is 0 Å². The van der Waals surface area contributed by atoms with Gasteiger partial charge in [0.05, 0.1) is 18.9 Å². The largest absolute Gasteiger partial charge is 0.394 e. The van der Waals surface area contributed by atoms with Crippen LogP contribution in [-0.4, -0.2) is 41.7 Å². The Balaban J connectivity index is 2.07. The fourth-order valence-corrected chi connectivity index (χ4v) is 1.05. The first-order valence-electron chi connectivity index (χ1n) is 5.06. The van der Waals surface area contributed by atoms with Crippen LogP contribution in [0.4, 0.5) is 5.82 Å². The molecule has 0 radical (unpaired) electrons. The number of rotatable bonds is 7. The Morgan fingerprint density at radius 3 is 2.87 bits per heavy atom. The normalized spacial score (nSPS) is 10.3. The average Bonchev–Trinajstić information content (AvgIpc) is 2.26. The molecule has 0 spiro atoms. The zero-order chi connectivity index (χ0) is 10.9. The smallest absolute Gasteiger partial charge is 0.148 e. The molecule has 0 aliphatic heterocycles. The highest BCUT2D eigenvalue weighted by molar-refractivity contribution is 5.32. The minimum Gasteiger partial charge on any atom is -0.394 e. The van der Waals surface area contributed by atoms with Crippen LogP contribution in [0, 0.1) is 6.92 Å². The molecule has 0 unspecified atom stereocenters. The van der Waals surface area contributed by atoms with Crippen molar-refractivity contribution in [1.29, 1.82) is 0 Å². The second-order valence-corrected chi connectivity index (χ2v) is 3.18. The van der Waals surface area contributed by atoms with E-state index >= 15 is 0 Å². The van der Waals surface area contributed by atoms with Crippen molar-refractivity contribution in [2.75, 3.05) is 31.7 Å². The predicted molar refractivity (Wildman–Crippen MR) is 57.8 cm³/mol. The summed E-state index contributed by atoms with van der Waals surface area (Å²) in [6.45, 7) is 3.83. The third kappa shape index (κ3) is 5.29. The van der Waals surface area contributed by atoms with Crippen LogP contribution in [0.2, 0.25) is 0 Å². The maximum atomic E-state index is 8.47. The minimum atomic E-state index is 0.0802. The van der Waals surface area contributed by atoms with Crippen LogP contribution in [0.25, 0.3) is 0 Å². The summed E-state index contributed by atoms with van der Waals surface area (Å²) in [6.07, 6.45) is 0.884. The van der Waals surface area contributed by atoms with Crippen LogP contribution < -0.4 is 5.32 Å². The second-order valence-electron chi connectivity index (χ2n) is 3.18. The highest BCUT2D eigenvalue weighted by atomic mass is 16.5. The van der Waals surface area contributed by atoms with Crippen LogP contribution in [-0.2, 0) is 4.74 Å². The molecule has 0 bridgehead atoms. The summed E-state index contributed by atoms with van der Waals surface area (Å²) in [4.78, 5) is 0. The third-order valence-electron chi connectivity index (χ3n) is 1.81. The van der Waals surface area contributed by atoms with Crippen LogP contribution >= 0.6 is 0 Å². The van der Waals surface area contributed by atoms with Gasteiger partial charge in [-0.05, 0) is 25.5 Å². The number of hydrogen-bond acceptors (Lipinski definition) is 5. The lowest BCUT2D eigenvalue weighted by atomic mass is 10.4. The Hall–Kier alpha value is -1.20. The van der Waals surface area contributed by atoms with Crippen LogP contribution in [0.5, 0.6) is 0 Å². The number of hydrogen-bond donors (Lipinski definition) is 2. The Kier molecular flexibility index (Phi) is 5.65. The Bertz CT molecular complexity index is 264. The molecular formula is C10H17N3O2. The molecule has 0 aromatic carbocycles. The summed E-state index contributed by atoms with van der Waals surface area (Å²) in [7, 11) is 0. The standard InChI is InChI=1S/C10H17N3O2/c1-9-3-4-10(13-12-9)11-5-2-7-15-8-6-14/h3-4,14H,2,5-8H2,1H3,(H,11,13). The third-order valence-corrected chi connectivity index (χ3v) is 1.81. The van der Waals surface area contributed by atoms with Gasteiger partial charge in [-0.15, -0.1) is 5.10 Å². The van der Waals surface area contributed by atoms with Gasteiger partial charge in [0, 0.05) is 13.2 Å². The zero-order valence-electron chi connectivity index (χ0n) is 8.94. The summed E-state index contributed by atoms with van der Waals surface area (Å²) < 4.78 is 5.11. The van der Waals surface area contributed by atoms with Crippen molar-refractivity contribution in [3.8, 4) is 0 Å². The molecule has 1 rings (SSSR count). The first kappa shape index (κ1) is 11.9. The molecule has 2 N–H and O–H groups in total. The Labute approximate surface area is 89.5 Å². The number of aliphatic hydroxyl groups excluding tert-OH is 1. The molecule has 1 heterocycles. The molecule has 5 nitrogen and oxygen atoms in total. The van der Waals surface area contributed by atoms with Crippen molar-refractivity contribution in [3.05, 3.63) is 17.8 Å². The van der Waals surface area contributed by atoms with Gasteiger partial charge in [-0.25, -0.2) is 0 Å². The summed E-state index contributed by atoms with van der Waals surface area (Å²) in [5.41, 5.74) is 0.909. The van der Waals surface area contributed by atoms with Gasteiger partial charge < -0.3 is 15.2 Å². The van der Waals surface area contributed by atoms with Crippen molar-refractivity contribution in [2.45, 2.75) is 13.3 Å². The molecule has 0 aliphatic rings. The number of aryl methyl sites for hydroxylation is 1. The lowest BCUT2D eigenvalue weighted by molar-refractivity contribution is 0.0922. The molecule has 15 heavy (non-hydrogen) atoms. The molecule has 0 saturated heterocycles. The van der Waals surface area contributed by atoms with Crippen LogP contribution in [0.1, 0.15) is 12.1 Å². The van der Waals surface area contributed by atoms with E-state index in [9.17, 15) is 0 Å². The fourth-order valence-electron chi connectivity index (χ4n) is 1.05. The monoisotopic (exact) mass is 211 g/mol. The van der Waals surface area contributed by atoms with E-state index in [1.54, 1.807) is 0 Å². The van der Waals surface area contributed by atoms with Crippen molar-refractivity contribution < 1.29 is 9.84 Å². The topological polar surface area (TPSA) is 67.3 Å². The maximum absolute atomic E-state index is 8.47. The Morgan fingerprint density at radius 2 is 2.20 bits per heavy atom. The summed E-state index contributed by atoms with van der Waals surface area (Å²) in [5.74, 6) is 0.780. The molecule has 0 saturated carbocycles. The number of anilines is 1. The van der Waals surface area contributed by atoms with Gasteiger partial charge in [0.2, 0.25) is 0 Å². The SMILES string of the molecule is Cc1ccc(NCCCOCCO)nn1. The second kappa shape index (κ2) is 7.14. The molecule has 0 amide bonds. The fraction of sp³-hybridized carbons (Fsp3) is 0.600. The quantitative estimate of drug-likeness (QED) is 0.646. The number of ether oxygens (including phenoxy) is 1. The van der Waals surface area contributed by atoms with Gasteiger partial charge in [0.1, 0.15) is 5.82 Å². The lowest BCUT2D eigenvalue weighted by Crippen LogP contribution is -2.08. The number of aliphatic hydroxyl groups is 1. The minimum absolute atomic E-state index is 0.0802. The molecule has 0 fully saturated rings. The highest BCUT2D eigenvalue weighted by Gasteiger charge is 1.93. The molecule has 0 atom stereocenters. The molecule has 1 aromatic rings. The first-order chi connectivity index (χ1) is 7.33. The van der Waals surface area contributed by atoms with Gasteiger partial charge in [-0.2, -0.15) is 5.10 Å². The maximum Gasteiger partial charge on any atom is 0.148 e. The summed E-state index contributed by atoms with van der Waals surface area (Å²) >= 11 is 0. The average molecular weight is 211 g/mol. The number of aromatic nitrogens is 2. The van der Waals surface area contributed by atoms with E-state index in [1.807, 2.05) is 19.1 Å². The van der Waals surface area contributed by atoms with E-state index in [-0.39, 0.29) is 6.61 Å². The van der Waals surface area contributed by atoms with E-state index in [2.05, 4.69) is 15.5 Å². The molecule has 0 aliphatic carbocycles. The van der Waals surface area contributed by atoms with Gasteiger partial charge in [-0.1, -0.05) is 0 Å². The molecular weight excluding hydrogens is 194 g/mol. The van der Waals surface area contributed by atoms with Crippen molar-refractivity contribution in [3.63, 3.8) is 0 Å². The highest BCUT2D eigenvalue weighted by Crippen LogP contribution is 2.00. The van der Waals surface area contributed by atoms with Gasteiger partial charge in [0.15, 0.2) is 0 Å². The molecule has 1 aromatic heterocycles.